The van der Waals surface area contributed by atoms with Crippen molar-refractivity contribution in [2.45, 2.75) is 13.8 Å². The molecule has 0 radical (unpaired) electrons. The van der Waals surface area contributed by atoms with E-state index in [1.165, 1.54) is 28.5 Å². The molecule has 1 aliphatic rings. The molecule has 0 amide bonds. The van der Waals surface area contributed by atoms with Crippen molar-refractivity contribution in [2.24, 2.45) is 0 Å². The Morgan fingerprint density at radius 1 is 1.27 bits per heavy atom. The van der Waals surface area contributed by atoms with Crippen molar-refractivity contribution in [2.75, 3.05) is 0 Å². The molecule has 0 saturated heterocycles. The Kier molecular flexibility index (Phi) is 2.78. The smallest absolute Gasteiger partial charge is 0.0987 e. The zero-order valence-corrected chi connectivity index (χ0v) is 9.69. The van der Waals surface area contributed by atoms with Crippen molar-refractivity contribution in [3.05, 3.63) is 52.4 Å². The molecule has 1 nitrogen and oxygen atoms in total. The Balaban J connectivity index is 2.52. The summed E-state index contributed by atoms with van der Waals surface area (Å²) >= 11 is 1.48. The van der Waals surface area contributed by atoms with Gasteiger partial charge in [0.1, 0.15) is 0 Å². The van der Waals surface area contributed by atoms with Gasteiger partial charge in [0.15, 0.2) is 0 Å². The normalized spacial score (nSPS) is 18.4. The van der Waals surface area contributed by atoms with Crippen molar-refractivity contribution in [1.82, 2.24) is 0 Å². The minimum absolute atomic E-state index is 0.649. The maximum absolute atomic E-state index is 7.80. The molecule has 0 bridgehead atoms. The third-order valence-electron chi connectivity index (χ3n) is 2.62. The largest absolute Gasteiger partial charge is 0.293 e. The lowest BCUT2D eigenvalue weighted by atomic mass is 9.98. The molecule has 1 N–H and O–H groups in total. The molecule has 0 unspecified atom stereocenters. The van der Waals surface area contributed by atoms with E-state index in [9.17, 15) is 0 Å². The number of thioether (sulfide) groups is 1. The standard InChI is InChI=1S/C13H13NS/c1-9-5-3-4-6-11(9)10(2)12-7-8-15-13(12)14/h3-8,14H,1-2H3/b12-10+,14-13?. The van der Waals surface area contributed by atoms with Crippen molar-refractivity contribution >= 4 is 22.4 Å². The highest BCUT2D eigenvalue weighted by Gasteiger charge is 2.13. The second-order valence-corrected chi connectivity index (χ2v) is 4.52. The quantitative estimate of drug-likeness (QED) is 0.752. The molecular weight excluding hydrogens is 202 g/mol. The van der Waals surface area contributed by atoms with Crippen molar-refractivity contribution in [3.63, 3.8) is 0 Å². The van der Waals surface area contributed by atoms with Gasteiger partial charge in [-0.2, -0.15) is 0 Å². The fourth-order valence-corrected chi connectivity index (χ4v) is 2.43. The van der Waals surface area contributed by atoms with Crippen molar-refractivity contribution in [1.29, 1.82) is 5.41 Å². The van der Waals surface area contributed by atoms with Gasteiger partial charge >= 0.3 is 0 Å². The number of hydrogen-bond donors (Lipinski definition) is 1. The van der Waals surface area contributed by atoms with E-state index in [-0.39, 0.29) is 0 Å². The highest BCUT2D eigenvalue weighted by Crippen LogP contribution is 2.30. The van der Waals surface area contributed by atoms with Crippen LogP contribution in [-0.2, 0) is 0 Å². The van der Waals surface area contributed by atoms with Gasteiger partial charge in [-0.25, -0.2) is 0 Å². The van der Waals surface area contributed by atoms with E-state index in [4.69, 9.17) is 5.41 Å². The number of nitrogens with one attached hydrogen (secondary N) is 1. The monoisotopic (exact) mass is 215 g/mol. The van der Waals surface area contributed by atoms with Crippen LogP contribution >= 0.6 is 11.8 Å². The summed E-state index contributed by atoms with van der Waals surface area (Å²) in [5, 5.41) is 10.4. The fourth-order valence-electron chi connectivity index (χ4n) is 1.74. The molecule has 1 aromatic rings. The van der Waals surface area contributed by atoms with Gasteiger partial charge in [0.25, 0.3) is 0 Å². The third-order valence-corrected chi connectivity index (χ3v) is 3.35. The SMILES string of the molecule is C/C(=C1/C=CSC1=N)c1ccccc1C. The molecule has 0 aliphatic carbocycles. The van der Waals surface area contributed by atoms with Gasteiger partial charge in [0.2, 0.25) is 0 Å². The zero-order chi connectivity index (χ0) is 10.8. The van der Waals surface area contributed by atoms with Crippen LogP contribution in [0.2, 0.25) is 0 Å². The molecule has 0 aromatic heterocycles. The van der Waals surface area contributed by atoms with Gasteiger partial charge in [-0.1, -0.05) is 36.0 Å². The Labute approximate surface area is 94.4 Å². The maximum Gasteiger partial charge on any atom is 0.0987 e. The average Bonchev–Trinajstić information content (AvgIpc) is 2.64. The van der Waals surface area contributed by atoms with Crippen LogP contribution < -0.4 is 0 Å². The number of aryl methyl sites for hydroxylation is 1. The molecular formula is C13H13NS. The first-order chi connectivity index (χ1) is 7.20. The van der Waals surface area contributed by atoms with Crippen LogP contribution in [0.25, 0.3) is 5.57 Å². The molecule has 0 fully saturated rings. The maximum atomic E-state index is 7.80. The Bertz CT molecular complexity index is 469. The van der Waals surface area contributed by atoms with Gasteiger partial charge in [-0.3, -0.25) is 5.41 Å². The summed E-state index contributed by atoms with van der Waals surface area (Å²) in [5.74, 6) is 0. The van der Waals surface area contributed by atoms with Crippen LogP contribution in [-0.4, -0.2) is 5.04 Å². The minimum atomic E-state index is 0.649. The van der Waals surface area contributed by atoms with Gasteiger partial charge in [0, 0.05) is 5.57 Å². The van der Waals surface area contributed by atoms with Gasteiger partial charge < -0.3 is 0 Å². The van der Waals surface area contributed by atoms with Crippen LogP contribution in [0.4, 0.5) is 0 Å². The number of rotatable bonds is 1. The van der Waals surface area contributed by atoms with E-state index >= 15 is 0 Å². The van der Waals surface area contributed by atoms with E-state index in [1.54, 1.807) is 0 Å². The van der Waals surface area contributed by atoms with Crippen molar-refractivity contribution in [3.8, 4) is 0 Å². The van der Waals surface area contributed by atoms with Crippen LogP contribution in [0, 0.1) is 12.3 Å². The highest BCUT2D eigenvalue weighted by molar-refractivity contribution is 8.17. The molecule has 15 heavy (non-hydrogen) atoms. The average molecular weight is 215 g/mol. The summed E-state index contributed by atoms with van der Waals surface area (Å²) in [7, 11) is 0. The topological polar surface area (TPSA) is 23.9 Å². The van der Waals surface area contributed by atoms with Gasteiger partial charge in [-0.05, 0) is 42.0 Å². The van der Waals surface area contributed by atoms with Crippen LogP contribution in [0.1, 0.15) is 18.1 Å². The van der Waals surface area contributed by atoms with E-state index in [2.05, 4.69) is 26.0 Å². The number of hydrogen-bond acceptors (Lipinski definition) is 2. The minimum Gasteiger partial charge on any atom is -0.293 e. The lowest BCUT2D eigenvalue weighted by Crippen LogP contribution is -1.93. The first kappa shape index (κ1) is 10.2. The number of benzene rings is 1. The first-order valence-electron chi connectivity index (χ1n) is 4.89. The van der Waals surface area contributed by atoms with Crippen LogP contribution in [0.3, 0.4) is 0 Å². The molecule has 0 spiro atoms. The molecule has 76 valence electrons. The lowest BCUT2D eigenvalue weighted by Gasteiger charge is -2.08. The lowest BCUT2D eigenvalue weighted by molar-refractivity contribution is 1.40. The Hall–Kier alpha value is -1.28. The van der Waals surface area contributed by atoms with E-state index < -0.39 is 0 Å². The predicted octanol–water partition coefficient (Wildman–Crippen LogP) is 4.01. The zero-order valence-electron chi connectivity index (χ0n) is 8.87. The summed E-state index contributed by atoms with van der Waals surface area (Å²) < 4.78 is 0. The van der Waals surface area contributed by atoms with Gasteiger partial charge in [-0.15, -0.1) is 0 Å². The number of allylic oxidation sites excluding steroid dienone is 2. The molecule has 2 heteroatoms. The predicted molar refractivity (Wildman–Crippen MR) is 68.2 cm³/mol. The molecule has 2 rings (SSSR count). The fraction of sp³-hybridized carbons (Fsp3) is 0.154. The molecule has 1 heterocycles. The van der Waals surface area contributed by atoms with E-state index in [0.717, 1.165) is 5.57 Å². The molecule has 1 aromatic carbocycles. The van der Waals surface area contributed by atoms with E-state index in [0.29, 0.717) is 5.04 Å². The molecule has 0 atom stereocenters. The first-order valence-corrected chi connectivity index (χ1v) is 5.77. The Morgan fingerprint density at radius 3 is 2.60 bits per heavy atom. The summed E-state index contributed by atoms with van der Waals surface area (Å²) in [4.78, 5) is 0. The third kappa shape index (κ3) is 1.90. The second kappa shape index (κ2) is 4.07. The van der Waals surface area contributed by atoms with E-state index in [1.807, 2.05) is 23.6 Å². The summed E-state index contributed by atoms with van der Waals surface area (Å²) in [5.41, 5.74) is 4.75. The van der Waals surface area contributed by atoms with Crippen LogP contribution in [0.5, 0.6) is 0 Å². The van der Waals surface area contributed by atoms with Crippen LogP contribution in [0.15, 0.2) is 41.3 Å². The van der Waals surface area contributed by atoms with Gasteiger partial charge in [0.05, 0.1) is 5.04 Å². The summed E-state index contributed by atoms with van der Waals surface area (Å²) in [6.45, 7) is 4.19. The Morgan fingerprint density at radius 2 is 2.00 bits per heavy atom. The summed E-state index contributed by atoms with van der Waals surface area (Å²) in [6.07, 6.45) is 2.02. The molecule has 0 saturated carbocycles. The summed E-state index contributed by atoms with van der Waals surface area (Å²) in [6, 6.07) is 8.31. The second-order valence-electron chi connectivity index (χ2n) is 3.60. The highest BCUT2D eigenvalue weighted by atomic mass is 32.2. The molecule has 1 aliphatic heterocycles. The van der Waals surface area contributed by atoms with Crippen molar-refractivity contribution < 1.29 is 0 Å².